The van der Waals surface area contributed by atoms with Crippen LogP contribution in [-0.4, -0.2) is 17.6 Å². The minimum atomic E-state index is -0.421. The zero-order valence-electron chi connectivity index (χ0n) is 9.95. The summed E-state index contributed by atoms with van der Waals surface area (Å²) in [5.41, 5.74) is 6.14. The fourth-order valence-electron chi connectivity index (χ4n) is 1.35. The van der Waals surface area contributed by atoms with Crippen LogP contribution < -0.4 is 5.73 Å². The molecule has 0 aliphatic heterocycles. The molecule has 0 fully saturated rings. The Bertz CT molecular complexity index is 359. The van der Waals surface area contributed by atoms with Crippen molar-refractivity contribution in [2.45, 2.75) is 39.2 Å². The second kappa shape index (κ2) is 5.41. The Morgan fingerprint density at radius 3 is 2.62 bits per heavy atom. The molecule has 1 aromatic heterocycles. The molecule has 0 saturated carbocycles. The van der Waals surface area contributed by atoms with Gasteiger partial charge in [0.25, 0.3) is 0 Å². The maximum Gasteiger partial charge on any atom is 0.357 e. The highest BCUT2D eigenvalue weighted by atomic mass is 32.1. The van der Waals surface area contributed by atoms with Crippen LogP contribution in [0.25, 0.3) is 0 Å². The zero-order valence-corrected chi connectivity index (χ0v) is 10.8. The number of ether oxygens (including phenoxy) is 1. The summed E-state index contributed by atoms with van der Waals surface area (Å²) in [6, 6.07) is 0. The van der Waals surface area contributed by atoms with Crippen LogP contribution in [0.5, 0.6) is 0 Å². The zero-order chi connectivity index (χ0) is 12.2. The van der Waals surface area contributed by atoms with E-state index in [4.69, 9.17) is 10.5 Å². The highest BCUT2D eigenvalue weighted by molar-refractivity contribution is 7.10. The van der Waals surface area contributed by atoms with Crippen LogP contribution in [0.15, 0.2) is 5.38 Å². The molecule has 0 bridgehead atoms. The molecule has 0 atom stereocenters. The lowest BCUT2D eigenvalue weighted by Crippen LogP contribution is -2.35. The average Bonchev–Trinajstić information content (AvgIpc) is 2.78. The van der Waals surface area contributed by atoms with E-state index in [0.717, 1.165) is 17.8 Å². The number of nitrogens with zero attached hydrogens (tertiary/aromatic N) is 1. The third kappa shape index (κ3) is 2.59. The second-order valence-electron chi connectivity index (χ2n) is 3.62. The Hall–Kier alpha value is -0.940. The number of esters is 1. The van der Waals surface area contributed by atoms with Gasteiger partial charge in [-0.15, -0.1) is 11.3 Å². The van der Waals surface area contributed by atoms with Crippen LogP contribution in [0.3, 0.4) is 0 Å². The summed E-state index contributed by atoms with van der Waals surface area (Å²) < 4.78 is 4.89. The largest absolute Gasteiger partial charge is 0.461 e. The van der Waals surface area contributed by atoms with Crippen molar-refractivity contribution >= 4 is 17.3 Å². The van der Waals surface area contributed by atoms with Gasteiger partial charge < -0.3 is 10.5 Å². The van der Waals surface area contributed by atoms with E-state index in [0.29, 0.717) is 12.3 Å². The SMILES string of the molecule is CCOC(=O)c1csc(C(N)(CC)CC)n1. The van der Waals surface area contributed by atoms with Gasteiger partial charge in [-0.1, -0.05) is 13.8 Å². The predicted molar refractivity (Wildman–Crippen MR) is 64.5 cm³/mol. The molecule has 1 heterocycles. The van der Waals surface area contributed by atoms with E-state index in [9.17, 15) is 4.79 Å². The summed E-state index contributed by atoms with van der Waals surface area (Å²) in [7, 11) is 0. The van der Waals surface area contributed by atoms with Gasteiger partial charge in [-0.25, -0.2) is 9.78 Å². The molecule has 0 aromatic carbocycles. The van der Waals surface area contributed by atoms with Crippen LogP contribution in [0.4, 0.5) is 0 Å². The smallest absolute Gasteiger partial charge is 0.357 e. The van der Waals surface area contributed by atoms with E-state index in [1.165, 1.54) is 11.3 Å². The molecule has 0 saturated heterocycles. The van der Waals surface area contributed by atoms with Gasteiger partial charge in [-0.3, -0.25) is 0 Å². The summed E-state index contributed by atoms with van der Waals surface area (Å²) >= 11 is 1.42. The summed E-state index contributed by atoms with van der Waals surface area (Å²) in [5, 5.41) is 2.51. The van der Waals surface area contributed by atoms with Crippen molar-refractivity contribution in [2.24, 2.45) is 5.73 Å². The summed E-state index contributed by atoms with van der Waals surface area (Å²) in [6.45, 7) is 6.18. The normalized spacial score (nSPS) is 11.5. The molecule has 90 valence electrons. The van der Waals surface area contributed by atoms with Crippen LogP contribution in [0.1, 0.15) is 49.1 Å². The quantitative estimate of drug-likeness (QED) is 0.805. The molecule has 0 aliphatic carbocycles. The van der Waals surface area contributed by atoms with Crippen molar-refractivity contribution in [1.29, 1.82) is 0 Å². The van der Waals surface area contributed by atoms with Gasteiger partial charge in [0.15, 0.2) is 5.69 Å². The molecular formula is C11H18N2O2S. The first-order valence-electron chi connectivity index (χ1n) is 5.49. The lowest BCUT2D eigenvalue weighted by molar-refractivity contribution is 0.0520. The van der Waals surface area contributed by atoms with Crippen LogP contribution in [0.2, 0.25) is 0 Å². The number of nitrogens with two attached hydrogens (primary N) is 1. The monoisotopic (exact) mass is 242 g/mol. The molecule has 1 aromatic rings. The maximum atomic E-state index is 11.4. The molecule has 0 spiro atoms. The van der Waals surface area contributed by atoms with Crippen LogP contribution >= 0.6 is 11.3 Å². The van der Waals surface area contributed by atoms with E-state index in [-0.39, 0.29) is 5.97 Å². The van der Waals surface area contributed by atoms with E-state index < -0.39 is 5.54 Å². The Labute approximate surface area is 99.8 Å². The number of thiazole rings is 1. The van der Waals surface area contributed by atoms with Crippen LogP contribution in [0, 0.1) is 0 Å². The maximum absolute atomic E-state index is 11.4. The van der Waals surface area contributed by atoms with Crippen molar-refractivity contribution in [3.05, 3.63) is 16.1 Å². The number of aromatic nitrogens is 1. The molecule has 4 nitrogen and oxygen atoms in total. The highest BCUT2D eigenvalue weighted by Crippen LogP contribution is 2.28. The molecule has 0 radical (unpaired) electrons. The minimum absolute atomic E-state index is 0.360. The van der Waals surface area contributed by atoms with Gasteiger partial charge in [0.2, 0.25) is 0 Å². The van der Waals surface area contributed by atoms with Crippen molar-refractivity contribution < 1.29 is 9.53 Å². The number of carbonyl (C=O) groups excluding carboxylic acids is 1. The molecule has 0 aliphatic rings. The van der Waals surface area contributed by atoms with Crippen LogP contribution in [-0.2, 0) is 10.3 Å². The van der Waals surface area contributed by atoms with Crippen molar-refractivity contribution in [3.8, 4) is 0 Å². The van der Waals surface area contributed by atoms with Gasteiger partial charge in [-0.2, -0.15) is 0 Å². The molecular weight excluding hydrogens is 224 g/mol. The topological polar surface area (TPSA) is 65.2 Å². The van der Waals surface area contributed by atoms with Crippen molar-refractivity contribution in [2.75, 3.05) is 6.61 Å². The summed E-state index contributed by atoms with van der Waals surface area (Å²) in [5.74, 6) is -0.375. The van der Waals surface area contributed by atoms with Gasteiger partial charge in [-0.05, 0) is 19.8 Å². The number of hydrogen-bond donors (Lipinski definition) is 1. The number of hydrogen-bond acceptors (Lipinski definition) is 5. The first kappa shape index (κ1) is 13.1. The summed E-state index contributed by atoms with van der Waals surface area (Å²) in [4.78, 5) is 15.7. The first-order chi connectivity index (χ1) is 7.57. The highest BCUT2D eigenvalue weighted by Gasteiger charge is 2.27. The van der Waals surface area contributed by atoms with Crippen molar-refractivity contribution in [3.63, 3.8) is 0 Å². The van der Waals surface area contributed by atoms with Crippen molar-refractivity contribution in [1.82, 2.24) is 4.98 Å². The number of carbonyl (C=O) groups is 1. The third-order valence-corrected chi connectivity index (χ3v) is 3.74. The third-order valence-electron chi connectivity index (χ3n) is 2.68. The Balaban J connectivity index is 2.90. The molecule has 5 heteroatoms. The fraction of sp³-hybridized carbons (Fsp3) is 0.636. The predicted octanol–water partition coefficient (Wildman–Crippen LogP) is 2.29. The standard InChI is InChI=1S/C11H18N2O2S/c1-4-11(12,5-2)10-13-8(7-16-10)9(14)15-6-3/h7H,4-6,12H2,1-3H3. The minimum Gasteiger partial charge on any atom is -0.461 e. The Morgan fingerprint density at radius 2 is 2.12 bits per heavy atom. The van der Waals surface area contributed by atoms with E-state index in [1.54, 1.807) is 12.3 Å². The average molecular weight is 242 g/mol. The lowest BCUT2D eigenvalue weighted by Gasteiger charge is -2.23. The van der Waals surface area contributed by atoms with Gasteiger partial charge in [0.1, 0.15) is 5.01 Å². The Kier molecular flexibility index (Phi) is 4.44. The van der Waals surface area contributed by atoms with Gasteiger partial charge in [0.05, 0.1) is 12.1 Å². The fourth-order valence-corrected chi connectivity index (χ4v) is 2.40. The lowest BCUT2D eigenvalue weighted by atomic mass is 9.95. The molecule has 2 N–H and O–H groups in total. The van der Waals surface area contributed by atoms with E-state index >= 15 is 0 Å². The Morgan fingerprint density at radius 1 is 1.50 bits per heavy atom. The molecule has 0 amide bonds. The number of rotatable bonds is 5. The van der Waals surface area contributed by atoms with Gasteiger partial charge in [0, 0.05) is 5.38 Å². The van der Waals surface area contributed by atoms with E-state index in [2.05, 4.69) is 4.98 Å². The molecule has 1 rings (SSSR count). The summed E-state index contributed by atoms with van der Waals surface area (Å²) in [6.07, 6.45) is 1.61. The van der Waals surface area contributed by atoms with Gasteiger partial charge >= 0.3 is 5.97 Å². The second-order valence-corrected chi connectivity index (χ2v) is 4.48. The van der Waals surface area contributed by atoms with E-state index in [1.807, 2.05) is 13.8 Å². The first-order valence-corrected chi connectivity index (χ1v) is 6.37. The molecule has 0 unspecified atom stereocenters. The molecule has 16 heavy (non-hydrogen) atoms.